The Labute approximate surface area is 145 Å². The number of methoxy groups -OCH3 is 2. The summed E-state index contributed by atoms with van der Waals surface area (Å²) in [6, 6.07) is 5.92. The van der Waals surface area contributed by atoms with Crippen molar-refractivity contribution in [2.75, 3.05) is 26.1 Å². The zero-order valence-electron chi connectivity index (χ0n) is 14.2. The lowest BCUT2D eigenvalue weighted by Gasteiger charge is -2.17. The van der Waals surface area contributed by atoms with Crippen molar-refractivity contribution >= 4 is 11.9 Å². The number of phenolic OH excluding ortho intramolecular Hbond substituents is 1. The number of nitrogens with one attached hydrogen (secondary N) is 1. The molecule has 1 unspecified atom stereocenters. The number of carbonyl (C=O) groups is 1. The van der Waals surface area contributed by atoms with Gasteiger partial charge in [-0.1, -0.05) is 12.1 Å². The summed E-state index contributed by atoms with van der Waals surface area (Å²) in [6.07, 6.45) is 0.315. The van der Waals surface area contributed by atoms with Crippen molar-refractivity contribution in [3.05, 3.63) is 29.8 Å². The van der Waals surface area contributed by atoms with Crippen molar-refractivity contribution in [1.82, 2.24) is 15.0 Å². The Bertz CT molecular complexity index is 686. The van der Waals surface area contributed by atoms with Gasteiger partial charge in [-0.2, -0.15) is 9.97 Å². The van der Waals surface area contributed by atoms with Crippen LogP contribution in [0.3, 0.4) is 0 Å². The molecule has 0 aliphatic rings. The summed E-state index contributed by atoms with van der Waals surface area (Å²) >= 11 is 0. The standard InChI is InChI=1S/C16H20N4O5/c1-4-25-13(22)12(9-10-5-7-11(21)8-6-10)17-14-18-15(23-2)20-16(19-14)24-3/h5-8,12,21H,4,9H2,1-3H3,(H,17,18,19,20). The molecule has 2 aromatic rings. The van der Waals surface area contributed by atoms with Gasteiger partial charge in [-0.05, 0) is 24.6 Å². The largest absolute Gasteiger partial charge is 0.508 e. The highest BCUT2D eigenvalue weighted by atomic mass is 16.5. The minimum atomic E-state index is -0.735. The van der Waals surface area contributed by atoms with E-state index in [0.717, 1.165) is 5.56 Å². The number of hydrogen-bond acceptors (Lipinski definition) is 9. The van der Waals surface area contributed by atoms with E-state index < -0.39 is 12.0 Å². The molecule has 9 nitrogen and oxygen atoms in total. The van der Waals surface area contributed by atoms with Crippen LogP contribution in [-0.4, -0.2) is 52.9 Å². The van der Waals surface area contributed by atoms with E-state index in [1.165, 1.54) is 14.2 Å². The number of esters is 1. The maximum atomic E-state index is 12.3. The first-order valence-corrected chi connectivity index (χ1v) is 7.60. The molecular weight excluding hydrogens is 328 g/mol. The minimum Gasteiger partial charge on any atom is -0.508 e. The first-order valence-electron chi connectivity index (χ1n) is 7.60. The van der Waals surface area contributed by atoms with E-state index in [1.807, 2.05) is 0 Å². The monoisotopic (exact) mass is 348 g/mol. The number of phenols is 1. The van der Waals surface area contributed by atoms with Crippen LogP contribution in [0.2, 0.25) is 0 Å². The molecule has 9 heteroatoms. The lowest BCUT2D eigenvalue weighted by atomic mass is 10.1. The molecule has 1 heterocycles. The van der Waals surface area contributed by atoms with Crippen molar-refractivity contribution in [2.24, 2.45) is 0 Å². The van der Waals surface area contributed by atoms with Crippen molar-refractivity contribution < 1.29 is 24.1 Å². The van der Waals surface area contributed by atoms with E-state index in [1.54, 1.807) is 31.2 Å². The van der Waals surface area contributed by atoms with E-state index in [-0.39, 0.29) is 30.3 Å². The molecule has 0 aliphatic heterocycles. The highest BCUT2D eigenvalue weighted by Crippen LogP contribution is 2.16. The number of hydrogen-bond donors (Lipinski definition) is 2. The molecule has 0 saturated carbocycles. The topological polar surface area (TPSA) is 116 Å². The number of ether oxygens (including phenoxy) is 3. The summed E-state index contributed by atoms with van der Waals surface area (Å²) in [5.74, 6) is -0.175. The Kier molecular flexibility index (Phi) is 6.33. The molecule has 25 heavy (non-hydrogen) atoms. The SMILES string of the molecule is CCOC(=O)C(Cc1ccc(O)cc1)Nc1nc(OC)nc(OC)n1. The summed E-state index contributed by atoms with van der Waals surface area (Å²) in [5.41, 5.74) is 0.830. The second-order valence-corrected chi connectivity index (χ2v) is 4.95. The maximum Gasteiger partial charge on any atom is 0.328 e. The van der Waals surface area contributed by atoms with Crippen LogP contribution in [0, 0.1) is 0 Å². The number of nitrogens with zero attached hydrogens (tertiary/aromatic N) is 3. The average Bonchev–Trinajstić information content (AvgIpc) is 2.62. The second kappa shape index (κ2) is 8.67. The third kappa shape index (κ3) is 5.20. The molecule has 2 N–H and O–H groups in total. The average molecular weight is 348 g/mol. The number of aromatic nitrogens is 3. The molecule has 1 aromatic heterocycles. The maximum absolute atomic E-state index is 12.3. The molecule has 1 aromatic carbocycles. The van der Waals surface area contributed by atoms with Gasteiger partial charge in [-0.25, -0.2) is 4.79 Å². The quantitative estimate of drug-likeness (QED) is 0.678. The number of benzene rings is 1. The van der Waals surface area contributed by atoms with E-state index in [4.69, 9.17) is 14.2 Å². The molecule has 0 spiro atoms. The molecule has 0 saturated heterocycles. The van der Waals surface area contributed by atoms with E-state index >= 15 is 0 Å². The Balaban J connectivity index is 2.23. The summed E-state index contributed by atoms with van der Waals surface area (Å²) < 4.78 is 15.1. The number of rotatable bonds is 8. The second-order valence-electron chi connectivity index (χ2n) is 4.95. The fourth-order valence-electron chi connectivity index (χ4n) is 2.04. The fourth-order valence-corrected chi connectivity index (χ4v) is 2.04. The lowest BCUT2D eigenvalue weighted by Crippen LogP contribution is -2.34. The summed E-state index contributed by atoms with van der Waals surface area (Å²) in [6.45, 7) is 1.97. The third-order valence-corrected chi connectivity index (χ3v) is 3.21. The zero-order chi connectivity index (χ0) is 18.2. The van der Waals surface area contributed by atoms with Crippen LogP contribution in [0.25, 0.3) is 0 Å². The molecule has 1 atom stereocenters. The van der Waals surface area contributed by atoms with Gasteiger partial charge in [0.05, 0.1) is 20.8 Å². The van der Waals surface area contributed by atoms with Gasteiger partial charge in [-0.15, -0.1) is 4.98 Å². The van der Waals surface area contributed by atoms with Crippen molar-refractivity contribution in [2.45, 2.75) is 19.4 Å². The van der Waals surface area contributed by atoms with Gasteiger partial charge >= 0.3 is 18.0 Å². The molecule has 0 aliphatic carbocycles. The molecular formula is C16H20N4O5. The van der Waals surface area contributed by atoms with Gasteiger partial charge < -0.3 is 24.6 Å². The van der Waals surface area contributed by atoms with Gasteiger partial charge in [-0.3, -0.25) is 0 Å². The van der Waals surface area contributed by atoms with Crippen LogP contribution in [0.1, 0.15) is 12.5 Å². The fraction of sp³-hybridized carbons (Fsp3) is 0.375. The van der Waals surface area contributed by atoms with Crippen LogP contribution in [0.15, 0.2) is 24.3 Å². The highest BCUT2D eigenvalue weighted by Gasteiger charge is 2.22. The third-order valence-electron chi connectivity index (χ3n) is 3.21. The Morgan fingerprint density at radius 2 is 1.72 bits per heavy atom. The molecule has 0 bridgehead atoms. The molecule has 0 fully saturated rings. The molecule has 134 valence electrons. The molecule has 2 rings (SSSR count). The van der Waals surface area contributed by atoms with Crippen LogP contribution in [-0.2, 0) is 16.0 Å². The van der Waals surface area contributed by atoms with Gasteiger partial charge in [0.15, 0.2) is 0 Å². The van der Waals surface area contributed by atoms with Crippen LogP contribution in [0.4, 0.5) is 5.95 Å². The Hall–Kier alpha value is -3.10. The van der Waals surface area contributed by atoms with E-state index in [2.05, 4.69) is 20.3 Å². The summed E-state index contributed by atoms with van der Waals surface area (Å²) in [4.78, 5) is 24.3. The van der Waals surface area contributed by atoms with Crippen LogP contribution in [0.5, 0.6) is 17.8 Å². The Morgan fingerprint density at radius 3 is 2.24 bits per heavy atom. The first-order chi connectivity index (χ1) is 12.0. The zero-order valence-corrected chi connectivity index (χ0v) is 14.2. The van der Waals surface area contributed by atoms with Crippen molar-refractivity contribution in [3.63, 3.8) is 0 Å². The van der Waals surface area contributed by atoms with E-state index in [0.29, 0.717) is 6.42 Å². The first kappa shape index (κ1) is 18.2. The van der Waals surface area contributed by atoms with Gasteiger partial charge in [0.2, 0.25) is 5.95 Å². The van der Waals surface area contributed by atoms with Crippen LogP contribution < -0.4 is 14.8 Å². The lowest BCUT2D eigenvalue weighted by molar-refractivity contribution is -0.144. The van der Waals surface area contributed by atoms with Crippen molar-refractivity contribution in [1.29, 1.82) is 0 Å². The number of anilines is 1. The smallest absolute Gasteiger partial charge is 0.328 e. The molecule has 0 amide bonds. The number of aromatic hydroxyl groups is 1. The van der Waals surface area contributed by atoms with E-state index in [9.17, 15) is 9.90 Å². The predicted octanol–water partition coefficient (Wildman–Crippen LogP) is 1.18. The van der Waals surface area contributed by atoms with Gasteiger partial charge in [0, 0.05) is 6.42 Å². The van der Waals surface area contributed by atoms with Crippen molar-refractivity contribution in [3.8, 4) is 17.8 Å². The summed E-state index contributed by atoms with van der Waals surface area (Å²) in [5, 5.41) is 12.3. The van der Waals surface area contributed by atoms with Gasteiger partial charge in [0.25, 0.3) is 0 Å². The summed E-state index contributed by atoms with van der Waals surface area (Å²) in [7, 11) is 2.83. The highest BCUT2D eigenvalue weighted by molar-refractivity contribution is 5.79. The minimum absolute atomic E-state index is 0.0570. The number of carbonyl (C=O) groups excluding carboxylic acids is 1. The predicted molar refractivity (Wildman–Crippen MR) is 88.8 cm³/mol. The van der Waals surface area contributed by atoms with Crippen LogP contribution >= 0.6 is 0 Å². The molecule has 0 radical (unpaired) electrons. The Morgan fingerprint density at radius 1 is 1.12 bits per heavy atom. The van der Waals surface area contributed by atoms with Gasteiger partial charge in [0.1, 0.15) is 11.8 Å². The normalized spacial score (nSPS) is 11.5.